The minimum Gasteiger partial charge on any atom is -0.326 e. The molecule has 1 aromatic carbocycles. The Morgan fingerprint density at radius 1 is 1.35 bits per heavy atom. The average Bonchev–Trinajstić information content (AvgIpc) is 2.73. The molecule has 20 heavy (non-hydrogen) atoms. The SMILES string of the molecule is Cc1cnc(NS(=O)(=O)c2cc(CN)c(Cl)cc2Cl)s1. The molecule has 5 nitrogen and oxygen atoms in total. The number of halogens is 2. The van der Waals surface area contributed by atoms with Crippen molar-refractivity contribution in [1.82, 2.24) is 4.98 Å². The Morgan fingerprint density at radius 2 is 2.05 bits per heavy atom. The number of nitrogens with one attached hydrogen (secondary N) is 1. The van der Waals surface area contributed by atoms with Crippen LogP contribution < -0.4 is 10.5 Å². The Morgan fingerprint density at radius 3 is 2.60 bits per heavy atom. The molecule has 9 heteroatoms. The van der Waals surface area contributed by atoms with Gasteiger partial charge < -0.3 is 5.73 Å². The standard InChI is InChI=1S/C11H11Cl2N3O2S2/c1-6-5-15-11(19-6)16-20(17,18)10-2-7(4-14)8(12)3-9(10)13/h2-3,5H,4,14H2,1H3,(H,15,16). The van der Waals surface area contributed by atoms with Crippen LogP contribution in [0.25, 0.3) is 0 Å². The highest BCUT2D eigenvalue weighted by molar-refractivity contribution is 7.93. The number of anilines is 1. The van der Waals surface area contributed by atoms with Gasteiger partial charge in [0.05, 0.1) is 5.02 Å². The van der Waals surface area contributed by atoms with E-state index in [1.165, 1.54) is 23.5 Å². The number of sulfonamides is 1. The summed E-state index contributed by atoms with van der Waals surface area (Å²) in [6.45, 7) is 1.95. The summed E-state index contributed by atoms with van der Waals surface area (Å²) in [5.74, 6) is 0. The first-order valence-electron chi connectivity index (χ1n) is 5.46. The molecule has 0 spiro atoms. The van der Waals surface area contributed by atoms with Crippen molar-refractivity contribution in [2.45, 2.75) is 18.4 Å². The molecule has 0 bridgehead atoms. The highest BCUT2D eigenvalue weighted by atomic mass is 35.5. The number of hydrogen-bond donors (Lipinski definition) is 2. The van der Waals surface area contributed by atoms with Crippen LogP contribution in [0.15, 0.2) is 23.2 Å². The summed E-state index contributed by atoms with van der Waals surface area (Å²) >= 11 is 13.1. The average molecular weight is 352 g/mol. The Bertz CT molecular complexity index is 744. The zero-order valence-electron chi connectivity index (χ0n) is 10.4. The lowest BCUT2D eigenvalue weighted by Gasteiger charge is -2.10. The van der Waals surface area contributed by atoms with E-state index in [2.05, 4.69) is 9.71 Å². The van der Waals surface area contributed by atoms with E-state index in [4.69, 9.17) is 28.9 Å². The number of thiazole rings is 1. The van der Waals surface area contributed by atoms with Crippen molar-refractivity contribution in [2.75, 3.05) is 4.72 Å². The Balaban J connectivity index is 2.43. The largest absolute Gasteiger partial charge is 0.326 e. The minimum absolute atomic E-state index is 0.0352. The molecule has 0 saturated carbocycles. The third-order valence-electron chi connectivity index (χ3n) is 2.45. The summed E-state index contributed by atoms with van der Waals surface area (Å²) in [5.41, 5.74) is 6.02. The van der Waals surface area contributed by atoms with Gasteiger partial charge in [0.15, 0.2) is 5.13 Å². The normalized spacial score (nSPS) is 11.6. The molecule has 0 fully saturated rings. The van der Waals surface area contributed by atoms with E-state index in [1.54, 1.807) is 6.20 Å². The topological polar surface area (TPSA) is 85.1 Å². The summed E-state index contributed by atoms with van der Waals surface area (Å²) in [4.78, 5) is 4.77. The second kappa shape index (κ2) is 5.87. The molecular formula is C11H11Cl2N3O2S2. The van der Waals surface area contributed by atoms with Gasteiger partial charge in [-0.1, -0.05) is 23.2 Å². The lowest BCUT2D eigenvalue weighted by molar-refractivity contribution is 0.601. The molecule has 0 aliphatic heterocycles. The minimum atomic E-state index is -3.83. The van der Waals surface area contributed by atoms with E-state index in [9.17, 15) is 8.42 Å². The van der Waals surface area contributed by atoms with Crippen molar-refractivity contribution in [3.05, 3.63) is 38.8 Å². The maximum absolute atomic E-state index is 12.3. The van der Waals surface area contributed by atoms with Crippen molar-refractivity contribution in [1.29, 1.82) is 0 Å². The van der Waals surface area contributed by atoms with E-state index in [1.807, 2.05) is 6.92 Å². The predicted molar refractivity (Wildman–Crippen MR) is 82.0 cm³/mol. The second-order valence-corrected chi connectivity index (χ2v) is 7.66. The molecule has 1 aromatic heterocycles. The van der Waals surface area contributed by atoms with Gasteiger partial charge in [-0.15, -0.1) is 11.3 Å². The Kier molecular flexibility index (Phi) is 4.55. The van der Waals surface area contributed by atoms with Crippen LogP contribution in [0.5, 0.6) is 0 Å². The highest BCUT2D eigenvalue weighted by Gasteiger charge is 2.21. The zero-order valence-corrected chi connectivity index (χ0v) is 13.5. The molecule has 0 amide bonds. The lowest BCUT2D eigenvalue weighted by Crippen LogP contribution is -2.14. The van der Waals surface area contributed by atoms with Crippen molar-refractivity contribution < 1.29 is 8.42 Å². The summed E-state index contributed by atoms with van der Waals surface area (Å²) < 4.78 is 27.0. The lowest BCUT2D eigenvalue weighted by atomic mass is 10.2. The van der Waals surface area contributed by atoms with Gasteiger partial charge in [-0.05, 0) is 24.6 Å². The van der Waals surface area contributed by atoms with Crippen LogP contribution in [-0.2, 0) is 16.6 Å². The van der Waals surface area contributed by atoms with Gasteiger partial charge in [0, 0.05) is 22.6 Å². The van der Waals surface area contributed by atoms with E-state index in [-0.39, 0.29) is 21.6 Å². The van der Waals surface area contributed by atoms with Crippen LogP contribution >= 0.6 is 34.5 Å². The van der Waals surface area contributed by atoms with Crippen LogP contribution in [-0.4, -0.2) is 13.4 Å². The first-order chi connectivity index (χ1) is 9.33. The predicted octanol–water partition coefficient (Wildman–Crippen LogP) is 3.02. The number of hydrogen-bond acceptors (Lipinski definition) is 5. The van der Waals surface area contributed by atoms with Crippen LogP contribution in [0.3, 0.4) is 0 Å². The molecule has 0 radical (unpaired) electrons. The van der Waals surface area contributed by atoms with Crippen molar-refractivity contribution in [3.63, 3.8) is 0 Å². The number of rotatable bonds is 4. The van der Waals surface area contributed by atoms with Gasteiger partial charge in [-0.3, -0.25) is 4.72 Å². The third-order valence-corrected chi connectivity index (χ3v) is 5.57. The number of nitrogens with two attached hydrogens (primary N) is 1. The zero-order chi connectivity index (χ0) is 14.9. The smallest absolute Gasteiger partial charge is 0.265 e. The van der Waals surface area contributed by atoms with Crippen molar-refractivity contribution in [3.8, 4) is 0 Å². The summed E-state index contributed by atoms with van der Waals surface area (Å²) in [7, 11) is -3.83. The third kappa shape index (κ3) is 3.24. The number of aromatic nitrogens is 1. The fourth-order valence-corrected chi connectivity index (χ4v) is 4.29. The monoisotopic (exact) mass is 351 g/mol. The molecule has 0 unspecified atom stereocenters. The highest BCUT2D eigenvalue weighted by Crippen LogP contribution is 2.30. The van der Waals surface area contributed by atoms with Crippen LogP contribution in [0.4, 0.5) is 5.13 Å². The van der Waals surface area contributed by atoms with Gasteiger partial charge >= 0.3 is 0 Å². The van der Waals surface area contributed by atoms with Crippen molar-refractivity contribution >= 4 is 49.7 Å². The quantitative estimate of drug-likeness (QED) is 0.886. The molecule has 2 aromatic rings. The van der Waals surface area contributed by atoms with Crippen LogP contribution in [0.1, 0.15) is 10.4 Å². The maximum atomic E-state index is 12.3. The van der Waals surface area contributed by atoms with Gasteiger partial charge in [0.1, 0.15) is 4.90 Å². The Hall–Kier alpha value is -0.860. The molecule has 0 atom stereocenters. The van der Waals surface area contributed by atoms with E-state index < -0.39 is 10.0 Å². The number of aryl methyl sites for hydroxylation is 1. The molecule has 0 saturated heterocycles. The first-order valence-corrected chi connectivity index (χ1v) is 8.52. The summed E-state index contributed by atoms with van der Waals surface area (Å²) in [6.07, 6.45) is 1.58. The van der Waals surface area contributed by atoms with E-state index >= 15 is 0 Å². The second-order valence-electron chi connectivity index (χ2n) is 3.96. The van der Waals surface area contributed by atoms with Crippen LogP contribution in [0, 0.1) is 6.92 Å². The van der Waals surface area contributed by atoms with Gasteiger partial charge in [-0.25, -0.2) is 13.4 Å². The van der Waals surface area contributed by atoms with Gasteiger partial charge in [-0.2, -0.15) is 0 Å². The fraction of sp³-hybridized carbons (Fsp3) is 0.182. The molecule has 0 aliphatic carbocycles. The molecule has 0 aliphatic rings. The Labute approximate surface area is 130 Å². The molecule has 3 N–H and O–H groups in total. The van der Waals surface area contributed by atoms with E-state index in [0.29, 0.717) is 10.6 Å². The molecule has 108 valence electrons. The maximum Gasteiger partial charge on any atom is 0.265 e. The van der Waals surface area contributed by atoms with Gasteiger partial charge in [0.25, 0.3) is 10.0 Å². The van der Waals surface area contributed by atoms with E-state index in [0.717, 1.165) is 4.88 Å². The van der Waals surface area contributed by atoms with Crippen LogP contribution in [0.2, 0.25) is 10.0 Å². The molecule has 2 rings (SSSR count). The fourth-order valence-electron chi connectivity index (χ4n) is 1.51. The first kappa shape index (κ1) is 15.5. The number of nitrogens with zero attached hydrogens (tertiary/aromatic N) is 1. The molecule has 1 heterocycles. The summed E-state index contributed by atoms with van der Waals surface area (Å²) in [6, 6.07) is 2.74. The molecular weight excluding hydrogens is 341 g/mol. The van der Waals surface area contributed by atoms with Crippen molar-refractivity contribution in [2.24, 2.45) is 5.73 Å². The summed E-state index contributed by atoms with van der Waals surface area (Å²) in [5, 5.41) is 0.650. The van der Waals surface area contributed by atoms with Gasteiger partial charge in [0.2, 0.25) is 0 Å². The number of benzene rings is 1.